The van der Waals surface area contributed by atoms with E-state index in [1.807, 2.05) is 45.0 Å². The summed E-state index contributed by atoms with van der Waals surface area (Å²) >= 11 is 5.93. The average Bonchev–Trinajstić information content (AvgIpc) is 2.28. The Bertz CT molecular complexity index is 395. The maximum atomic E-state index is 11.8. The van der Waals surface area contributed by atoms with Gasteiger partial charge in [-0.05, 0) is 38.1 Å². The van der Waals surface area contributed by atoms with Crippen molar-refractivity contribution in [2.24, 2.45) is 0 Å². The normalized spacial score (nSPS) is 14.0. The maximum absolute atomic E-state index is 11.8. The summed E-state index contributed by atoms with van der Waals surface area (Å²) in [6.45, 7) is 6.87. The van der Waals surface area contributed by atoms with E-state index in [2.05, 4.69) is 10.6 Å². The topological polar surface area (TPSA) is 41.1 Å². The molecule has 0 aromatic heterocycles. The fourth-order valence-electron chi connectivity index (χ4n) is 1.86. The number of carbonyl (C=O) groups excluding carboxylic acids is 1. The molecule has 0 bridgehead atoms. The van der Waals surface area contributed by atoms with Crippen LogP contribution in [0.1, 0.15) is 38.8 Å². The molecule has 100 valence electrons. The summed E-state index contributed by atoms with van der Waals surface area (Å²) in [5.41, 5.74) is 1.02. The molecule has 0 saturated heterocycles. The largest absolute Gasteiger partial charge is 0.350 e. The van der Waals surface area contributed by atoms with E-state index in [4.69, 9.17) is 11.6 Å². The molecule has 0 radical (unpaired) electrons. The highest BCUT2D eigenvalue weighted by Crippen LogP contribution is 2.17. The van der Waals surface area contributed by atoms with Gasteiger partial charge in [-0.1, -0.05) is 30.7 Å². The van der Waals surface area contributed by atoms with E-state index in [0.29, 0.717) is 11.4 Å². The van der Waals surface area contributed by atoms with Gasteiger partial charge in [-0.25, -0.2) is 0 Å². The molecule has 0 aliphatic heterocycles. The van der Waals surface area contributed by atoms with Gasteiger partial charge in [0.1, 0.15) is 0 Å². The molecule has 0 aliphatic rings. The first-order valence-electron chi connectivity index (χ1n) is 6.31. The molecule has 2 atom stereocenters. The molecule has 0 saturated carbocycles. The molecule has 2 N–H and O–H groups in total. The summed E-state index contributed by atoms with van der Waals surface area (Å²) in [5, 5.41) is 6.88. The SMILES string of the molecule is CCNC(C)CC(=O)NC(C)c1cccc(Cl)c1. The number of amides is 1. The third-order valence-electron chi connectivity index (χ3n) is 2.77. The number of halogens is 1. The van der Waals surface area contributed by atoms with E-state index in [1.54, 1.807) is 0 Å². The highest BCUT2D eigenvalue weighted by molar-refractivity contribution is 6.30. The quantitative estimate of drug-likeness (QED) is 0.833. The fraction of sp³-hybridized carbons (Fsp3) is 0.500. The zero-order valence-electron chi connectivity index (χ0n) is 11.2. The van der Waals surface area contributed by atoms with Crippen LogP contribution in [0.15, 0.2) is 24.3 Å². The summed E-state index contributed by atoms with van der Waals surface area (Å²) in [7, 11) is 0. The molecule has 3 nitrogen and oxygen atoms in total. The molecule has 4 heteroatoms. The summed E-state index contributed by atoms with van der Waals surface area (Å²) < 4.78 is 0. The van der Waals surface area contributed by atoms with Crippen molar-refractivity contribution < 1.29 is 4.79 Å². The van der Waals surface area contributed by atoms with Gasteiger partial charge in [0, 0.05) is 17.5 Å². The summed E-state index contributed by atoms with van der Waals surface area (Å²) in [6.07, 6.45) is 0.485. The number of nitrogens with one attached hydrogen (secondary N) is 2. The molecular formula is C14H21ClN2O. The van der Waals surface area contributed by atoms with E-state index in [1.165, 1.54) is 0 Å². The first-order valence-corrected chi connectivity index (χ1v) is 6.69. The molecule has 18 heavy (non-hydrogen) atoms. The Morgan fingerprint density at radius 2 is 2.11 bits per heavy atom. The Morgan fingerprint density at radius 3 is 2.72 bits per heavy atom. The summed E-state index contributed by atoms with van der Waals surface area (Å²) in [6, 6.07) is 7.73. The van der Waals surface area contributed by atoms with Crippen LogP contribution in [0, 0.1) is 0 Å². The van der Waals surface area contributed by atoms with Crippen LogP contribution < -0.4 is 10.6 Å². The number of hydrogen-bond donors (Lipinski definition) is 2. The van der Waals surface area contributed by atoms with Gasteiger partial charge in [-0.15, -0.1) is 0 Å². The van der Waals surface area contributed by atoms with Gasteiger partial charge in [0.2, 0.25) is 5.91 Å². The number of rotatable bonds is 6. The zero-order chi connectivity index (χ0) is 13.5. The fourth-order valence-corrected chi connectivity index (χ4v) is 2.06. The summed E-state index contributed by atoms with van der Waals surface area (Å²) in [4.78, 5) is 11.8. The van der Waals surface area contributed by atoms with Gasteiger partial charge < -0.3 is 10.6 Å². The zero-order valence-corrected chi connectivity index (χ0v) is 11.9. The predicted molar refractivity (Wildman–Crippen MR) is 75.8 cm³/mol. The van der Waals surface area contributed by atoms with Gasteiger partial charge in [0.25, 0.3) is 0 Å². The molecule has 0 heterocycles. The number of carbonyl (C=O) groups is 1. The second-order valence-electron chi connectivity index (χ2n) is 4.51. The van der Waals surface area contributed by atoms with Crippen LogP contribution in [0.2, 0.25) is 5.02 Å². The van der Waals surface area contributed by atoms with Crippen LogP contribution in [0.3, 0.4) is 0 Å². The van der Waals surface area contributed by atoms with E-state index in [0.717, 1.165) is 12.1 Å². The Kier molecular flexibility index (Phi) is 6.16. The first-order chi connectivity index (χ1) is 8.52. The molecule has 0 fully saturated rings. The molecule has 1 amide bonds. The molecule has 2 unspecified atom stereocenters. The Balaban J connectivity index is 2.49. The highest BCUT2D eigenvalue weighted by Gasteiger charge is 2.12. The Labute approximate surface area is 114 Å². The lowest BCUT2D eigenvalue weighted by Gasteiger charge is -2.17. The third kappa shape index (κ3) is 5.07. The number of benzene rings is 1. The number of hydrogen-bond acceptors (Lipinski definition) is 2. The third-order valence-corrected chi connectivity index (χ3v) is 3.01. The van der Waals surface area contributed by atoms with Gasteiger partial charge in [0.05, 0.1) is 6.04 Å². The van der Waals surface area contributed by atoms with Crippen LogP contribution in [0.5, 0.6) is 0 Å². The van der Waals surface area contributed by atoms with Crippen LogP contribution in [-0.2, 0) is 4.79 Å². The minimum atomic E-state index is -0.0231. The van der Waals surface area contributed by atoms with Gasteiger partial charge in [-0.3, -0.25) is 4.79 Å². The molecule has 0 aliphatic carbocycles. The van der Waals surface area contributed by atoms with E-state index in [9.17, 15) is 4.79 Å². The average molecular weight is 269 g/mol. The van der Waals surface area contributed by atoms with Crippen LogP contribution in [-0.4, -0.2) is 18.5 Å². The minimum absolute atomic E-state index is 0.0231. The Morgan fingerprint density at radius 1 is 1.39 bits per heavy atom. The lowest BCUT2D eigenvalue weighted by atomic mass is 10.1. The molecule has 1 aromatic rings. The van der Waals surface area contributed by atoms with Crippen molar-refractivity contribution in [2.45, 2.75) is 39.3 Å². The standard InChI is InChI=1S/C14H21ClN2O/c1-4-16-10(2)8-14(18)17-11(3)12-6-5-7-13(15)9-12/h5-7,9-11,16H,4,8H2,1-3H3,(H,17,18). The van der Waals surface area contributed by atoms with Gasteiger partial charge in [0.15, 0.2) is 0 Å². The smallest absolute Gasteiger partial charge is 0.222 e. The Hall–Kier alpha value is -1.06. The minimum Gasteiger partial charge on any atom is -0.350 e. The molecule has 1 rings (SSSR count). The lowest BCUT2D eigenvalue weighted by molar-refractivity contribution is -0.122. The lowest BCUT2D eigenvalue weighted by Crippen LogP contribution is -2.34. The van der Waals surface area contributed by atoms with Gasteiger partial charge in [-0.2, -0.15) is 0 Å². The summed E-state index contributed by atoms with van der Waals surface area (Å²) in [5.74, 6) is 0.0518. The molecule has 1 aromatic carbocycles. The molecule has 0 spiro atoms. The van der Waals surface area contributed by atoms with Crippen molar-refractivity contribution >= 4 is 17.5 Å². The van der Waals surface area contributed by atoms with Crippen LogP contribution >= 0.6 is 11.6 Å². The van der Waals surface area contributed by atoms with Crippen molar-refractivity contribution in [3.63, 3.8) is 0 Å². The van der Waals surface area contributed by atoms with Crippen LogP contribution in [0.4, 0.5) is 0 Å². The molecular weight excluding hydrogens is 248 g/mol. The van der Waals surface area contributed by atoms with Crippen LogP contribution in [0.25, 0.3) is 0 Å². The highest BCUT2D eigenvalue weighted by atomic mass is 35.5. The monoisotopic (exact) mass is 268 g/mol. The first kappa shape index (κ1) is 15.0. The predicted octanol–water partition coefficient (Wildman–Crippen LogP) is 2.91. The van der Waals surface area contributed by atoms with E-state index < -0.39 is 0 Å². The van der Waals surface area contributed by atoms with Crippen molar-refractivity contribution in [3.05, 3.63) is 34.9 Å². The van der Waals surface area contributed by atoms with Crippen molar-refractivity contribution in [3.8, 4) is 0 Å². The second kappa shape index (κ2) is 7.39. The van der Waals surface area contributed by atoms with Crippen molar-refractivity contribution in [1.29, 1.82) is 0 Å². The van der Waals surface area contributed by atoms with E-state index in [-0.39, 0.29) is 18.0 Å². The van der Waals surface area contributed by atoms with Crippen molar-refractivity contribution in [2.75, 3.05) is 6.54 Å². The maximum Gasteiger partial charge on any atom is 0.222 e. The van der Waals surface area contributed by atoms with Crippen molar-refractivity contribution in [1.82, 2.24) is 10.6 Å². The van der Waals surface area contributed by atoms with Gasteiger partial charge >= 0.3 is 0 Å². The second-order valence-corrected chi connectivity index (χ2v) is 4.94. The van der Waals surface area contributed by atoms with E-state index >= 15 is 0 Å².